The maximum atomic E-state index is 13.4. The average Bonchev–Trinajstić information content (AvgIpc) is 3.04. The monoisotopic (exact) mass is 471 g/mol. The first-order chi connectivity index (χ1) is 15.7. The Morgan fingerprint density at radius 3 is 1.97 bits per heavy atom. The van der Waals surface area contributed by atoms with Gasteiger partial charge in [0.15, 0.2) is 0 Å². The average molecular weight is 472 g/mol. The SMILES string of the molecule is CC(C)C(C(=O)N1CCN(C(=O)c2ccc(F)cc2Cl)CC1)N1C(=O)c2ccccc2C1=O. The number of halogens is 2. The lowest BCUT2D eigenvalue weighted by molar-refractivity contribution is -0.138. The number of benzene rings is 2. The summed E-state index contributed by atoms with van der Waals surface area (Å²) in [5.74, 6) is -2.43. The van der Waals surface area contributed by atoms with Gasteiger partial charge in [0.1, 0.15) is 11.9 Å². The molecule has 33 heavy (non-hydrogen) atoms. The molecular weight excluding hydrogens is 449 g/mol. The number of fused-ring (bicyclic) bond motifs is 1. The molecule has 2 aliphatic heterocycles. The third-order valence-corrected chi connectivity index (χ3v) is 6.34. The quantitative estimate of drug-likeness (QED) is 0.642. The van der Waals surface area contributed by atoms with Gasteiger partial charge in [-0.05, 0) is 36.2 Å². The van der Waals surface area contributed by atoms with Crippen molar-refractivity contribution in [2.75, 3.05) is 26.2 Å². The van der Waals surface area contributed by atoms with Crippen LogP contribution in [0.25, 0.3) is 0 Å². The number of nitrogens with zero attached hydrogens (tertiary/aromatic N) is 3. The smallest absolute Gasteiger partial charge is 0.262 e. The minimum atomic E-state index is -0.939. The minimum absolute atomic E-state index is 0.0315. The van der Waals surface area contributed by atoms with Crippen molar-refractivity contribution in [2.45, 2.75) is 19.9 Å². The van der Waals surface area contributed by atoms with Gasteiger partial charge in [-0.25, -0.2) is 4.39 Å². The molecule has 2 aromatic carbocycles. The lowest BCUT2D eigenvalue weighted by Gasteiger charge is -2.39. The van der Waals surface area contributed by atoms with E-state index in [4.69, 9.17) is 11.6 Å². The van der Waals surface area contributed by atoms with Crippen LogP contribution >= 0.6 is 11.6 Å². The molecule has 4 amide bonds. The van der Waals surface area contributed by atoms with E-state index in [1.807, 2.05) is 0 Å². The van der Waals surface area contributed by atoms with E-state index < -0.39 is 23.7 Å². The Hall–Kier alpha value is -3.26. The van der Waals surface area contributed by atoms with Gasteiger partial charge >= 0.3 is 0 Å². The van der Waals surface area contributed by atoms with Crippen molar-refractivity contribution in [3.8, 4) is 0 Å². The molecule has 172 valence electrons. The van der Waals surface area contributed by atoms with Gasteiger partial charge in [0.05, 0.1) is 21.7 Å². The molecular formula is C24H23ClFN3O4. The van der Waals surface area contributed by atoms with Crippen molar-refractivity contribution in [3.63, 3.8) is 0 Å². The van der Waals surface area contributed by atoms with Crippen LogP contribution in [0, 0.1) is 11.7 Å². The molecule has 4 rings (SSSR count). The predicted octanol–water partition coefficient (Wildman–Crippen LogP) is 3.08. The van der Waals surface area contributed by atoms with Gasteiger partial charge in [0.2, 0.25) is 5.91 Å². The molecule has 0 radical (unpaired) electrons. The summed E-state index contributed by atoms with van der Waals surface area (Å²) in [5.41, 5.74) is 0.795. The van der Waals surface area contributed by atoms with Crippen LogP contribution in [-0.2, 0) is 4.79 Å². The lowest BCUT2D eigenvalue weighted by Crippen LogP contribution is -2.58. The molecule has 7 nitrogen and oxygen atoms in total. The molecule has 2 heterocycles. The number of piperazine rings is 1. The molecule has 1 atom stereocenters. The maximum Gasteiger partial charge on any atom is 0.262 e. The standard InChI is InChI=1S/C24H23ClFN3O4/c1-14(2)20(29-22(31)16-5-3-4-6-17(16)23(29)32)24(33)28-11-9-27(10-12-28)21(30)18-8-7-15(26)13-19(18)25/h3-8,13-14,20H,9-12H2,1-2H3. The van der Waals surface area contributed by atoms with Crippen LogP contribution < -0.4 is 0 Å². The van der Waals surface area contributed by atoms with E-state index in [0.717, 1.165) is 11.0 Å². The molecule has 0 aliphatic carbocycles. The first-order valence-electron chi connectivity index (χ1n) is 10.7. The van der Waals surface area contributed by atoms with Crippen molar-refractivity contribution in [1.82, 2.24) is 14.7 Å². The Kier molecular flexibility index (Phi) is 6.21. The van der Waals surface area contributed by atoms with Gasteiger partial charge in [0.25, 0.3) is 17.7 Å². The van der Waals surface area contributed by atoms with Crippen LogP contribution in [0.15, 0.2) is 42.5 Å². The Morgan fingerprint density at radius 2 is 1.45 bits per heavy atom. The zero-order chi connectivity index (χ0) is 23.9. The molecule has 2 aliphatic rings. The third-order valence-electron chi connectivity index (χ3n) is 6.03. The third kappa shape index (κ3) is 4.11. The fourth-order valence-electron chi connectivity index (χ4n) is 4.30. The van der Waals surface area contributed by atoms with E-state index in [1.165, 1.54) is 12.1 Å². The largest absolute Gasteiger partial charge is 0.337 e. The molecule has 1 saturated heterocycles. The summed E-state index contributed by atoms with van der Waals surface area (Å²) >= 11 is 6.02. The van der Waals surface area contributed by atoms with Crippen molar-refractivity contribution < 1.29 is 23.6 Å². The number of hydrogen-bond donors (Lipinski definition) is 0. The van der Waals surface area contributed by atoms with E-state index in [2.05, 4.69) is 0 Å². The Labute approximate surface area is 195 Å². The second-order valence-electron chi connectivity index (χ2n) is 8.46. The summed E-state index contributed by atoms with van der Waals surface area (Å²) in [6, 6.07) is 9.20. The molecule has 0 aromatic heterocycles. The van der Waals surface area contributed by atoms with Crippen LogP contribution in [0.2, 0.25) is 5.02 Å². The normalized spacial score (nSPS) is 16.9. The molecule has 1 fully saturated rings. The Morgan fingerprint density at radius 1 is 0.909 bits per heavy atom. The molecule has 0 N–H and O–H groups in total. The van der Waals surface area contributed by atoms with E-state index in [-0.39, 0.29) is 54.5 Å². The van der Waals surface area contributed by atoms with Crippen LogP contribution in [0.1, 0.15) is 44.9 Å². The fourth-order valence-corrected chi connectivity index (χ4v) is 4.55. The molecule has 1 unspecified atom stereocenters. The van der Waals surface area contributed by atoms with Gasteiger partial charge in [-0.1, -0.05) is 37.6 Å². The first kappa shape index (κ1) is 22.9. The van der Waals surface area contributed by atoms with Crippen LogP contribution in [-0.4, -0.2) is 70.5 Å². The van der Waals surface area contributed by atoms with E-state index in [0.29, 0.717) is 11.1 Å². The Balaban J connectivity index is 1.47. The van der Waals surface area contributed by atoms with Crippen LogP contribution in [0.4, 0.5) is 4.39 Å². The number of imide groups is 1. The first-order valence-corrected chi connectivity index (χ1v) is 11.1. The van der Waals surface area contributed by atoms with E-state index in [9.17, 15) is 23.6 Å². The van der Waals surface area contributed by atoms with E-state index >= 15 is 0 Å². The molecule has 0 bridgehead atoms. The van der Waals surface area contributed by atoms with Crippen LogP contribution in [0.3, 0.4) is 0 Å². The highest BCUT2D eigenvalue weighted by Gasteiger charge is 2.45. The van der Waals surface area contributed by atoms with Gasteiger partial charge in [-0.15, -0.1) is 0 Å². The number of amides is 4. The van der Waals surface area contributed by atoms with Crippen molar-refractivity contribution >= 4 is 35.2 Å². The van der Waals surface area contributed by atoms with Crippen molar-refractivity contribution in [1.29, 1.82) is 0 Å². The maximum absolute atomic E-state index is 13.4. The van der Waals surface area contributed by atoms with Crippen molar-refractivity contribution in [3.05, 3.63) is 70.0 Å². The van der Waals surface area contributed by atoms with E-state index in [1.54, 1.807) is 47.9 Å². The van der Waals surface area contributed by atoms with Gasteiger partial charge < -0.3 is 9.80 Å². The van der Waals surface area contributed by atoms with Gasteiger partial charge in [-0.2, -0.15) is 0 Å². The zero-order valence-electron chi connectivity index (χ0n) is 18.3. The van der Waals surface area contributed by atoms with Crippen LogP contribution in [0.5, 0.6) is 0 Å². The molecule has 0 saturated carbocycles. The molecule has 0 spiro atoms. The highest BCUT2D eigenvalue weighted by molar-refractivity contribution is 6.33. The van der Waals surface area contributed by atoms with Crippen molar-refractivity contribution in [2.24, 2.45) is 5.92 Å². The Bertz CT molecular complexity index is 1110. The second kappa shape index (κ2) is 8.94. The zero-order valence-corrected chi connectivity index (χ0v) is 19.0. The fraction of sp³-hybridized carbons (Fsp3) is 0.333. The number of rotatable bonds is 4. The van der Waals surface area contributed by atoms with Gasteiger partial charge in [-0.3, -0.25) is 24.1 Å². The summed E-state index contributed by atoms with van der Waals surface area (Å²) in [7, 11) is 0. The summed E-state index contributed by atoms with van der Waals surface area (Å²) in [6.07, 6.45) is 0. The highest BCUT2D eigenvalue weighted by atomic mass is 35.5. The second-order valence-corrected chi connectivity index (χ2v) is 8.86. The van der Waals surface area contributed by atoms with Gasteiger partial charge in [0, 0.05) is 26.2 Å². The number of hydrogen-bond acceptors (Lipinski definition) is 4. The topological polar surface area (TPSA) is 78.0 Å². The summed E-state index contributed by atoms with van der Waals surface area (Å²) in [6.45, 7) is 4.59. The summed E-state index contributed by atoms with van der Waals surface area (Å²) < 4.78 is 13.3. The minimum Gasteiger partial charge on any atom is -0.337 e. The predicted molar refractivity (Wildman–Crippen MR) is 119 cm³/mol. The number of carbonyl (C=O) groups excluding carboxylic acids is 4. The molecule has 9 heteroatoms. The highest BCUT2D eigenvalue weighted by Crippen LogP contribution is 2.28. The summed E-state index contributed by atoms with van der Waals surface area (Å²) in [5, 5.41) is 0.0315. The summed E-state index contributed by atoms with van der Waals surface area (Å²) in [4.78, 5) is 56.3. The number of carbonyl (C=O) groups is 4. The molecule has 2 aromatic rings. The lowest BCUT2D eigenvalue weighted by atomic mass is 10.0.